The monoisotopic (exact) mass is 1530 g/mol. The molecule has 4 heterocycles. The molecule has 1 spiro atoms. The molecule has 0 radical (unpaired) electrons. The first-order valence-electron chi connectivity index (χ1n) is 39.4. The van der Waals surface area contributed by atoms with E-state index in [1.165, 1.54) is 71.7 Å². The number of carbonyl (C=O) groups is 12. The molecular formula is C76H116F6N12O14. The van der Waals surface area contributed by atoms with Gasteiger partial charge < -0.3 is 69.5 Å². The van der Waals surface area contributed by atoms with Crippen LogP contribution in [0.15, 0.2) is 12.2 Å². The van der Waals surface area contributed by atoms with Gasteiger partial charge in [-0.2, -0.15) is 13.2 Å². The molecule has 5 aliphatic carbocycles. The largest absolute Gasteiger partial charge is 0.397 e. The van der Waals surface area contributed by atoms with Gasteiger partial charge in [0.15, 0.2) is 0 Å². The third-order valence-corrected chi connectivity index (χ3v) is 24.8. The lowest BCUT2D eigenvalue weighted by Crippen LogP contribution is -2.68. The molecule has 2 bridgehead atoms. The second-order valence-corrected chi connectivity index (χ2v) is 32.3. The van der Waals surface area contributed by atoms with Gasteiger partial charge in [0.05, 0.1) is 38.8 Å². The Morgan fingerprint density at radius 2 is 1.25 bits per heavy atom. The Bertz CT molecular complexity index is 3240. The van der Waals surface area contributed by atoms with Gasteiger partial charge in [0, 0.05) is 81.5 Å². The minimum atomic E-state index is -5.19. The highest BCUT2D eigenvalue weighted by Crippen LogP contribution is 2.45. The topological polar surface area (TPSA) is 289 Å². The summed E-state index contributed by atoms with van der Waals surface area (Å²) in [6, 6.07) is -10.8. The van der Waals surface area contributed by atoms with Crippen molar-refractivity contribution in [3.63, 3.8) is 0 Å². The van der Waals surface area contributed by atoms with Crippen LogP contribution in [0, 0.1) is 35.5 Å². The van der Waals surface area contributed by atoms with Crippen molar-refractivity contribution in [2.24, 2.45) is 35.5 Å². The zero-order valence-electron chi connectivity index (χ0n) is 64.4. The number of ether oxygens (including phenoxy) is 2. The molecule has 0 aromatic rings. The number of amides is 12. The molecule has 3 N–H and O–H groups in total. The third kappa shape index (κ3) is 20.3. The molecule has 108 heavy (non-hydrogen) atoms. The van der Waals surface area contributed by atoms with Crippen LogP contribution in [-0.4, -0.2) is 301 Å². The van der Waals surface area contributed by atoms with E-state index in [-0.39, 0.29) is 122 Å². The number of likely N-dealkylation sites (N-methyl/N-ethyl adjacent to an activating group) is 6. The number of alkyl halides is 6. The number of halogens is 6. The van der Waals surface area contributed by atoms with Crippen molar-refractivity contribution in [2.45, 2.75) is 260 Å². The van der Waals surface area contributed by atoms with E-state index in [9.17, 15) is 31.9 Å². The Morgan fingerprint density at radius 1 is 0.630 bits per heavy atom. The van der Waals surface area contributed by atoms with Crippen molar-refractivity contribution < 1.29 is 93.4 Å². The molecule has 12 atom stereocenters. The number of hydrogen-bond acceptors (Lipinski definition) is 14. The molecule has 5 saturated carbocycles. The zero-order chi connectivity index (χ0) is 78.8. The number of nitrogens with one attached hydrogen (secondary N) is 3. The first kappa shape index (κ1) is 84.9. The highest BCUT2D eigenvalue weighted by Gasteiger charge is 2.56. The van der Waals surface area contributed by atoms with E-state index in [1.54, 1.807) is 26.0 Å². The van der Waals surface area contributed by atoms with E-state index < -0.39 is 218 Å². The van der Waals surface area contributed by atoms with Crippen molar-refractivity contribution >= 4 is 70.9 Å². The normalized spacial score (nSPS) is 33.3. The van der Waals surface area contributed by atoms with Crippen LogP contribution in [0.1, 0.15) is 175 Å². The van der Waals surface area contributed by atoms with Gasteiger partial charge in [-0.3, -0.25) is 57.5 Å². The fraction of sp³-hybridized carbons (Fsp3) is 0.816. The molecule has 32 heteroatoms. The van der Waals surface area contributed by atoms with Crippen LogP contribution in [0.5, 0.6) is 0 Å². The van der Waals surface area contributed by atoms with Gasteiger partial charge in [0.25, 0.3) is 0 Å². The Labute approximate surface area is 630 Å². The van der Waals surface area contributed by atoms with E-state index in [4.69, 9.17) is 9.47 Å². The standard InChI is InChI=1S/C76H116F6N12O14/c1-10-45(3)64-72(104)87(5)44-62(97)88(6)55-20-13-12-16-31-93(71(55)103)59(39-47-23-26-50(77)27-24-47)69(101)86(4)43-60(95)83-54(28-25-48-36-52(78)63(53(79)37-48)76(80,81)82)68(100)94-42-51(108-11-2)40-57(94)67(99)85-75(29-17-30-75)74(106)91(9)65(49-18-14-15-19-49)73(105)90(8)58(70(102)92-32-34-107-35-33-92)41-61(96)89(7)56(66(98)84-64)38-46-21-22-46/h12-13,45-59,63-65H,10-11,14-44H2,1-9H3,(H,83,95)(H,84,98)(H,85,99)/b13-12-/t45-,47?,48?,50?,51+,52?,53?,54-,55-,56-,57-,58-,59-,63?,64-,65-/m0/s1. The summed E-state index contributed by atoms with van der Waals surface area (Å²) in [6.07, 6.45) is -5.38. The summed E-state index contributed by atoms with van der Waals surface area (Å²) in [5, 5.41) is 8.58. The Morgan fingerprint density at radius 3 is 1.84 bits per heavy atom. The molecular weight excluding hydrogens is 1420 g/mol. The predicted octanol–water partition coefficient (Wildman–Crippen LogP) is 5.04. The van der Waals surface area contributed by atoms with Crippen molar-refractivity contribution in [1.82, 2.24) is 60.0 Å². The van der Waals surface area contributed by atoms with Gasteiger partial charge in [-0.15, -0.1) is 0 Å². The molecule has 2 unspecified atom stereocenters. The van der Waals surface area contributed by atoms with Crippen molar-refractivity contribution in [1.29, 1.82) is 0 Å². The smallest absolute Gasteiger partial charge is 0.378 e. The lowest BCUT2D eigenvalue weighted by atomic mass is 9.74. The summed E-state index contributed by atoms with van der Waals surface area (Å²) in [4.78, 5) is 194. The summed E-state index contributed by atoms with van der Waals surface area (Å²) < 4.78 is 99.4. The van der Waals surface area contributed by atoms with Crippen molar-refractivity contribution in [2.75, 3.05) is 101 Å². The van der Waals surface area contributed by atoms with Crippen LogP contribution in [0.4, 0.5) is 26.3 Å². The van der Waals surface area contributed by atoms with E-state index >= 15 is 51.9 Å². The van der Waals surface area contributed by atoms with E-state index in [0.717, 1.165) is 27.5 Å². The number of nitrogens with zero attached hydrogens (tertiary/aromatic N) is 9. The average molecular weight is 1540 g/mol. The summed E-state index contributed by atoms with van der Waals surface area (Å²) >= 11 is 0. The summed E-state index contributed by atoms with van der Waals surface area (Å²) in [7, 11) is 8.34. The molecule has 26 nitrogen and oxygen atoms in total. The number of carbonyl (C=O) groups excluding carboxylic acids is 12. The summed E-state index contributed by atoms with van der Waals surface area (Å²) in [6.45, 7) is 4.29. The summed E-state index contributed by atoms with van der Waals surface area (Å²) in [5.41, 5.74) is -1.66. The zero-order valence-corrected chi connectivity index (χ0v) is 64.4. The van der Waals surface area contributed by atoms with Gasteiger partial charge in [0.2, 0.25) is 70.9 Å². The number of hydrogen-bond donors (Lipinski definition) is 3. The molecule has 8 fully saturated rings. The van der Waals surface area contributed by atoms with Crippen LogP contribution < -0.4 is 16.0 Å². The fourth-order valence-corrected chi connectivity index (χ4v) is 17.6. The minimum absolute atomic E-state index is 0.0138. The quantitative estimate of drug-likeness (QED) is 0.161. The number of fused-ring (bicyclic) bond motifs is 3. The lowest BCUT2D eigenvalue weighted by molar-refractivity contribution is -0.219. The SMILES string of the molecule is CCO[C@@H]1C[C@H]2C(=O)NC3(CCC3)C(=O)N(C)[C@@H](C3CCCC3)C(=O)N(C)[C@H](C(=O)N3CCOCC3)CC(=O)N(C)[C@@H](CC3CC3)C(=O)N[C@@H]([C@@H](C)CC)C(=O)N(C)CC(=O)N(C)[C@H]3C/C=C\CCN(C3=O)[C@@H](CC3CCC(F)CC3)C(=O)N(C)CC(=O)N[C@@H](CCC3CC(F)C(C(F)(F)F)C(F)C3)C(=O)N2C1. The molecule has 9 aliphatic rings. The van der Waals surface area contributed by atoms with Crippen LogP contribution in [-0.2, 0) is 67.0 Å². The van der Waals surface area contributed by atoms with Crippen LogP contribution >= 0.6 is 0 Å². The average Bonchev–Trinajstić information content (AvgIpc) is 1.07. The van der Waals surface area contributed by atoms with E-state index in [1.807, 2.05) is 6.92 Å². The number of morpholine rings is 1. The molecule has 3 saturated heterocycles. The first-order valence-corrected chi connectivity index (χ1v) is 39.4. The lowest BCUT2D eigenvalue weighted by Gasteiger charge is -2.47. The minimum Gasteiger partial charge on any atom is -0.378 e. The molecule has 0 aromatic carbocycles. The fourth-order valence-electron chi connectivity index (χ4n) is 17.6. The van der Waals surface area contributed by atoms with Crippen LogP contribution in [0.25, 0.3) is 0 Å². The third-order valence-electron chi connectivity index (χ3n) is 24.8. The molecule has 606 valence electrons. The predicted molar refractivity (Wildman–Crippen MR) is 383 cm³/mol. The highest BCUT2D eigenvalue weighted by atomic mass is 19.4. The summed E-state index contributed by atoms with van der Waals surface area (Å²) in [5.74, 6) is -13.9. The number of rotatable bonds is 13. The van der Waals surface area contributed by atoms with Crippen LogP contribution in [0.3, 0.4) is 0 Å². The van der Waals surface area contributed by atoms with Gasteiger partial charge in [-0.1, -0.05) is 58.1 Å². The Hall–Kier alpha value is -7.12. The van der Waals surface area contributed by atoms with E-state index in [0.29, 0.717) is 51.4 Å². The van der Waals surface area contributed by atoms with Crippen molar-refractivity contribution in [3.8, 4) is 0 Å². The van der Waals surface area contributed by atoms with E-state index in [2.05, 4.69) is 16.0 Å². The maximum Gasteiger partial charge on any atom is 0.397 e. The molecule has 12 amide bonds. The molecule has 0 aromatic heterocycles. The first-order chi connectivity index (χ1) is 51.2. The molecule has 4 aliphatic heterocycles. The Balaban J connectivity index is 1.10. The Kier molecular flexibility index (Phi) is 29.3. The van der Waals surface area contributed by atoms with Gasteiger partial charge in [0.1, 0.15) is 78.3 Å². The van der Waals surface area contributed by atoms with Crippen LogP contribution in [0.2, 0.25) is 0 Å². The highest BCUT2D eigenvalue weighted by molar-refractivity contribution is 6.01. The maximum absolute atomic E-state index is 15.7. The second kappa shape index (κ2) is 37.3. The van der Waals surface area contributed by atoms with Gasteiger partial charge >= 0.3 is 6.18 Å². The molecule has 9 rings (SSSR count). The van der Waals surface area contributed by atoms with Crippen molar-refractivity contribution in [3.05, 3.63) is 12.2 Å². The second-order valence-electron chi connectivity index (χ2n) is 32.3. The van der Waals surface area contributed by atoms with Gasteiger partial charge in [-0.25, -0.2) is 13.2 Å². The maximum atomic E-state index is 15.7. The van der Waals surface area contributed by atoms with Gasteiger partial charge in [-0.05, 0) is 146 Å².